The number of pyridine rings is 1. The van der Waals surface area contributed by atoms with E-state index in [4.69, 9.17) is 9.47 Å². The second-order valence-corrected chi connectivity index (χ2v) is 3.82. The molecule has 0 unspecified atom stereocenters. The predicted octanol–water partition coefficient (Wildman–Crippen LogP) is 1.31. The highest BCUT2D eigenvalue weighted by Gasteiger charge is 2.04. The average molecular weight is 252 g/mol. The van der Waals surface area contributed by atoms with Crippen LogP contribution in [0.25, 0.3) is 0 Å². The van der Waals surface area contributed by atoms with Crippen LogP contribution in [0.15, 0.2) is 24.5 Å². The van der Waals surface area contributed by atoms with Gasteiger partial charge in [-0.1, -0.05) is 6.07 Å². The molecule has 18 heavy (non-hydrogen) atoms. The highest BCUT2D eigenvalue weighted by Crippen LogP contribution is 2.08. The van der Waals surface area contributed by atoms with Gasteiger partial charge in [-0.3, -0.25) is 4.98 Å². The van der Waals surface area contributed by atoms with E-state index in [1.165, 1.54) is 0 Å². The summed E-state index contributed by atoms with van der Waals surface area (Å²) in [5.41, 5.74) is 1.13. The molecule has 0 radical (unpaired) electrons. The van der Waals surface area contributed by atoms with Gasteiger partial charge in [0.15, 0.2) is 0 Å². The van der Waals surface area contributed by atoms with Crippen LogP contribution in [0.1, 0.15) is 25.5 Å². The summed E-state index contributed by atoms with van der Waals surface area (Å²) in [7, 11) is 0. The van der Waals surface area contributed by atoms with Gasteiger partial charge in [0, 0.05) is 25.0 Å². The van der Waals surface area contributed by atoms with Crippen LogP contribution in [-0.4, -0.2) is 37.3 Å². The molecule has 0 amide bonds. The predicted molar refractivity (Wildman–Crippen MR) is 68.1 cm³/mol. The first kappa shape index (κ1) is 14.6. The fourth-order valence-electron chi connectivity index (χ4n) is 1.46. The summed E-state index contributed by atoms with van der Waals surface area (Å²) in [6, 6.07) is 4.14. The van der Waals surface area contributed by atoms with E-state index in [9.17, 15) is 4.79 Å². The fraction of sp³-hybridized carbons (Fsp3) is 0.538. The van der Waals surface area contributed by atoms with E-state index >= 15 is 0 Å². The molecule has 1 heterocycles. The zero-order chi connectivity index (χ0) is 13.2. The number of ether oxygens (including phenoxy) is 2. The van der Waals surface area contributed by atoms with Crippen molar-refractivity contribution in [3.63, 3.8) is 0 Å². The lowest BCUT2D eigenvalue weighted by molar-refractivity contribution is -0.148. The van der Waals surface area contributed by atoms with Gasteiger partial charge in [-0.25, -0.2) is 4.79 Å². The van der Waals surface area contributed by atoms with E-state index in [1.54, 1.807) is 13.1 Å². The molecule has 0 bridgehead atoms. The van der Waals surface area contributed by atoms with Crippen molar-refractivity contribution in [1.29, 1.82) is 0 Å². The Morgan fingerprint density at radius 3 is 3.06 bits per heavy atom. The zero-order valence-electron chi connectivity index (χ0n) is 10.9. The summed E-state index contributed by atoms with van der Waals surface area (Å²) < 4.78 is 9.93. The normalized spacial score (nSPS) is 12.1. The highest BCUT2D eigenvalue weighted by molar-refractivity contribution is 5.70. The quantitative estimate of drug-likeness (QED) is 0.558. The first-order valence-electron chi connectivity index (χ1n) is 6.10. The number of carbonyl (C=O) groups excluding carboxylic acids is 1. The molecule has 0 fully saturated rings. The smallest absolute Gasteiger partial charge is 0.332 e. The molecule has 5 nitrogen and oxygen atoms in total. The Balaban J connectivity index is 2.09. The van der Waals surface area contributed by atoms with Gasteiger partial charge in [0.1, 0.15) is 6.61 Å². The van der Waals surface area contributed by atoms with Gasteiger partial charge in [-0.2, -0.15) is 0 Å². The van der Waals surface area contributed by atoms with Gasteiger partial charge in [-0.05, 0) is 25.5 Å². The molecule has 1 aromatic rings. The van der Waals surface area contributed by atoms with E-state index < -0.39 is 0 Å². The van der Waals surface area contributed by atoms with E-state index in [0.717, 1.165) is 5.56 Å². The van der Waals surface area contributed by atoms with E-state index in [1.807, 2.05) is 18.3 Å². The molecular formula is C13H20N2O3. The van der Waals surface area contributed by atoms with Crippen molar-refractivity contribution in [2.75, 3.05) is 26.4 Å². The second-order valence-electron chi connectivity index (χ2n) is 3.82. The Morgan fingerprint density at radius 2 is 2.39 bits per heavy atom. The van der Waals surface area contributed by atoms with Crippen molar-refractivity contribution in [2.24, 2.45) is 0 Å². The van der Waals surface area contributed by atoms with Crippen LogP contribution in [0.5, 0.6) is 0 Å². The number of esters is 1. The molecule has 0 saturated carbocycles. The first-order chi connectivity index (χ1) is 8.74. The molecule has 1 atom stereocenters. The Morgan fingerprint density at radius 1 is 1.56 bits per heavy atom. The molecule has 0 aliphatic heterocycles. The maximum Gasteiger partial charge on any atom is 0.332 e. The van der Waals surface area contributed by atoms with Gasteiger partial charge in [0.25, 0.3) is 0 Å². The standard InChI is InChI=1S/C13H20N2O3/c1-3-18-13(16)10-17-8-7-15-11(2)12-5-4-6-14-9-12/h4-6,9,11,15H,3,7-8,10H2,1-2H3/t11-/m0/s1. The van der Waals surface area contributed by atoms with Gasteiger partial charge >= 0.3 is 5.97 Å². The number of aromatic nitrogens is 1. The van der Waals surface area contributed by atoms with Crippen molar-refractivity contribution in [2.45, 2.75) is 19.9 Å². The number of nitrogens with zero attached hydrogens (tertiary/aromatic N) is 1. The van der Waals surface area contributed by atoms with Crippen LogP contribution in [0, 0.1) is 0 Å². The molecule has 0 aromatic carbocycles. The van der Waals surface area contributed by atoms with Crippen LogP contribution >= 0.6 is 0 Å². The lowest BCUT2D eigenvalue weighted by Crippen LogP contribution is -2.24. The van der Waals surface area contributed by atoms with Gasteiger partial charge in [0.05, 0.1) is 13.2 Å². The first-order valence-corrected chi connectivity index (χ1v) is 6.10. The fourth-order valence-corrected chi connectivity index (χ4v) is 1.46. The van der Waals surface area contributed by atoms with Gasteiger partial charge < -0.3 is 14.8 Å². The minimum Gasteiger partial charge on any atom is -0.464 e. The zero-order valence-corrected chi connectivity index (χ0v) is 10.9. The van der Waals surface area contributed by atoms with E-state index in [-0.39, 0.29) is 18.6 Å². The Labute approximate surface area is 108 Å². The SMILES string of the molecule is CCOC(=O)COCCN[C@@H](C)c1cccnc1. The summed E-state index contributed by atoms with van der Waals surface area (Å²) in [6.45, 7) is 5.38. The van der Waals surface area contributed by atoms with Crippen LogP contribution in [0.3, 0.4) is 0 Å². The number of nitrogens with one attached hydrogen (secondary N) is 1. The Hall–Kier alpha value is -1.46. The van der Waals surface area contributed by atoms with Crippen molar-refractivity contribution in [3.8, 4) is 0 Å². The molecular weight excluding hydrogens is 232 g/mol. The molecule has 1 rings (SSSR count). The topological polar surface area (TPSA) is 60.5 Å². The van der Waals surface area contributed by atoms with Crippen LogP contribution < -0.4 is 5.32 Å². The molecule has 1 aromatic heterocycles. The molecule has 0 aliphatic rings. The Kier molecular flexibility index (Phi) is 6.98. The van der Waals surface area contributed by atoms with E-state index in [0.29, 0.717) is 19.8 Å². The van der Waals surface area contributed by atoms with Crippen molar-refractivity contribution < 1.29 is 14.3 Å². The third kappa shape index (κ3) is 5.75. The summed E-state index contributed by atoms with van der Waals surface area (Å²) in [5, 5.41) is 3.29. The summed E-state index contributed by atoms with van der Waals surface area (Å²) >= 11 is 0. The van der Waals surface area contributed by atoms with Crippen molar-refractivity contribution in [3.05, 3.63) is 30.1 Å². The summed E-state index contributed by atoms with van der Waals surface area (Å²) in [6.07, 6.45) is 3.58. The largest absolute Gasteiger partial charge is 0.464 e. The minimum absolute atomic E-state index is 0.0107. The molecule has 0 saturated heterocycles. The minimum atomic E-state index is -0.321. The lowest BCUT2D eigenvalue weighted by Gasteiger charge is -2.13. The Bertz CT molecular complexity index is 343. The molecule has 0 spiro atoms. The summed E-state index contributed by atoms with van der Waals surface area (Å²) in [4.78, 5) is 15.0. The molecule has 100 valence electrons. The van der Waals surface area contributed by atoms with Crippen LogP contribution in [0.4, 0.5) is 0 Å². The van der Waals surface area contributed by atoms with E-state index in [2.05, 4.69) is 17.2 Å². The van der Waals surface area contributed by atoms with Crippen LogP contribution in [-0.2, 0) is 14.3 Å². The maximum atomic E-state index is 11.0. The number of hydrogen-bond donors (Lipinski definition) is 1. The third-order valence-electron chi connectivity index (χ3n) is 2.41. The monoisotopic (exact) mass is 252 g/mol. The van der Waals surface area contributed by atoms with Gasteiger partial charge in [0.2, 0.25) is 0 Å². The van der Waals surface area contributed by atoms with Crippen molar-refractivity contribution >= 4 is 5.97 Å². The molecule has 5 heteroatoms. The average Bonchev–Trinajstić information content (AvgIpc) is 2.39. The maximum absolute atomic E-state index is 11.0. The summed E-state index contributed by atoms with van der Waals surface area (Å²) in [5.74, 6) is -0.321. The molecule has 1 N–H and O–H groups in total. The van der Waals surface area contributed by atoms with Crippen LogP contribution in [0.2, 0.25) is 0 Å². The number of hydrogen-bond acceptors (Lipinski definition) is 5. The van der Waals surface area contributed by atoms with Gasteiger partial charge in [-0.15, -0.1) is 0 Å². The number of rotatable bonds is 8. The lowest BCUT2D eigenvalue weighted by atomic mass is 10.1. The third-order valence-corrected chi connectivity index (χ3v) is 2.41. The number of carbonyl (C=O) groups is 1. The second kappa shape index (κ2) is 8.60. The van der Waals surface area contributed by atoms with Crippen molar-refractivity contribution in [1.82, 2.24) is 10.3 Å². The highest BCUT2D eigenvalue weighted by atomic mass is 16.6. The molecule has 0 aliphatic carbocycles.